The summed E-state index contributed by atoms with van der Waals surface area (Å²) in [5.41, 5.74) is 6.02. The van der Waals surface area contributed by atoms with Crippen LogP contribution in [0.25, 0.3) is 11.1 Å². The van der Waals surface area contributed by atoms with Crippen LogP contribution < -0.4 is 4.74 Å². The fraction of sp³-hybridized carbons (Fsp3) is 0.107. The topological polar surface area (TPSA) is 76.0 Å². The van der Waals surface area contributed by atoms with Crippen molar-refractivity contribution in [2.45, 2.75) is 18.5 Å². The Labute approximate surface area is 209 Å². The van der Waals surface area contributed by atoms with E-state index in [0.717, 1.165) is 33.4 Å². The predicted octanol–water partition coefficient (Wildman–Crippen LogP) is 6.15. The molecule has 35 heavy (non-hydrogen) atoms. The minimum Gasteiger partial charge on any atom is -0.508 e. The zero-order valence-electron chi connectivity index (χ0n) is 19.4. The Balaban J connectivity index is 0.000000527. The van der Waals surface area contributed by atoms with Gasteiger partial charge in [0.05, 0.1) is 5.41 Å². The van der Waals surface area contributed by atoms with Crippen LogP contribution in [0.1, 0.15) is 22.3 Å². The highest BCUT2D eigenvalue weighted by molar-refractivity contribution is 6.52. The summed E-state index contributed by atoms with van der Waals surface area (Å²) >= 11 is 0. The average molecular weight is 497 g/mol. The number of hydrogen-bond acceptors (Lipinski definition) is 4. The van der Waals surface area contributed by atoms with Gasteiger partial charge in [0.1, 0.15) is 11.5 Å². The quantitative estimate of drug-likeness (QED) is 0.177. The average Bonchev–Trinajstić information content (AvgIpc) is 3.16. The van der Waals surface area contributed by atoms with E-state index < -0.39 is 20.6 Å². The lowest BCUT2D eigenvalue weighted by Gasteiger charge is -2.33. The summed E-state index contributed by atoms with van der Waals surface area (Å²) < 4.78 is 9.47. The van der Waals surface area contributed by atoms with Gasteiger partial charge in [0, 0.05) is 0 Å². The SMILES string of the molecule is C[Si](C)O[Si].O=C(O)Oc1ccc(C2(c3ccc(O)cc3)c3ccccc3-c3ccccc32)cc1. The highest BCUT2D eigenvalue weighted by Crippen LogP contribution is 2.56. The van der Waals surface area contributed by atoms with E-state index >= 15 is 0 Å². The van der Waals surface area contributed by atoms with Crippen LogP contribution in [-0.4, -0.2) is 35.9 Å². The molecule has 0 aromatic heterocycles. The van der Waals surface area contributed by atoms with E-state index in [4.69, 9.17) is 9.84 Å². The van der Waals surface area contributed by atoms with Crippen LogP contribution in [-0.2, 0) is 9.53 Å². The van der Waals surface area contributed by atoms with Gasteiger partial charge in [-0.05, 0) is 70.7 Å². The number of carboxylic acid groups (broad SMARTS) is 1. The van der Waals surface area contributed by atoms with E-state index in [1.54, 1.807) is 24.3 Å². The molecule has 0 amide bonds. The van der Waals surface area contributed by atoms with Crippen LogP contribution in [0.15, 0.2) is 97.1 Å². The van der Waals surface area contributed by atoms with Gasteiger partial charge in [-0.3, -0.25) is 0 Å². The molecule has 0 heterocycles. The largest absolute Gasteiger partial charge is 0.511 e. The molecule has 0 unspecified atom stereocenters. The Morgan fingerprint density at radius 3 is 1.63 bits per heavy atom. The lowest BCUT2D eigenvalue weighted by molar-refractivity contribution is 0.144. The molecule has 0 bridgehead atoms. The van der Waals surface area contributed by atoms with Gasteiger partial charge in [0.15, 0.2) is 9.04 Å². The van der Waals surface area contributed by atoms with Crippen LogP contribution in [0.4, 0.5) is 4.79 Å². The minimum absolute atomic E-state index is 0.207. The van der Waals surface area contributed by atoms with Crippen LogP contribution in [0.5, 0.6) is 11.5 Å². The Morgan fingerprint density at radius 2 is 1.20 bits per heavy atom. The third-order valence-corrected chi connectivity index (χ3v) is 7.58. The molecule has 0 atom stereocenters. The second-order valence-corrected chi connectivity index (χ2v) is 10.9. The molecule has 7 heteroatoms. The summed E-state index contributed by atoms with van der Waals surface area (Å²) in [6.07, 6.45) is -1.34. The molecule has 5 rings (SSSR count). The zero-order valence-corrected chi connectivity index (χ0v) is 21.4. The smallest absolute Gasteiger partial charge is 0.508 e. The zero-order chi connectivity index (χ0) is 25.0. The van der Waals surface area contributed by atoms with E-state index in [9.17, 15) is 9.90 Å². The number of ether oxygens (including phenoxy) is 1. The molecule has 1 aliphatic carbocycles. The van der Waals surface area contributed by atoms with Crippen LogP contribution in [0, 0.1) is 0 Å². The van der Waals surface area contributed by atoms with Gasteiger partial charge >= 0.3 is 6.16 Å². The lowest BCUT2D eigenvalue weighted by atomic mass is 9.68. The van der Waals surface area contributed by atoms with E-state index in [2.05, 4.69) is 52.0 Å². The number of fused-ring (bicyclic) bond motifs is 3. The van der Waals surface area contributed by atoms with E-state index in [-0.39, 0.29) is 11.5 Å². The number of phenolic OH excluding ortho intramolecular Hbond substituents is 1. The Kier molecular flexibility index (Phi) is 7.21. The first kappa shape index (κ1) is 24.5. The molecule has 4 radical (unpaired) electrons. The molecule has 0 aliphatic heterocycles. The number of carbonyl (C=O) groups is 1. The molecule has 5 nitrogen and oxygen atoms in total. The first-order chi connectivity index (χ1) is 16.9. The summed E-state index contributed by atoms with van der Waals surface area (Å²) in [4.78, 5) is 10.9. The summed E-state index contributed by atoms with van der Waals surface area (Å²) in [6, 6.07) is 31.1. The van der Waals surface area contributed by atoms with Gasteiger partial charge in [-0.1, -0.05) is 72.8 Å². The van der Waals surface area contributed by atoms with Crippen molar-refractivity contribution in [3.8, 4) is 22.6 Å². The Hall–Kier alpha value is -3.66. The number of phenols is 1. The highest BCUT2D eigenvalue weighted by atomic mass is 28.3. The van der Waals surface area contributed by atoms with Crippen LogP contribution in [0.3, 0.4) is 0 Å². The van der Waals surface area contributed by atoms with Gasteiger partial charge in [-0.25, -0.2) is 4.79 Å². The van der Waals surface area contributed by atoms with Gasteiger partial charge in [0.2, 0.25) is 10.5 Å². The molecule has 4 aromatic carbocycles. The Bertz CT molecular complexity index is 1270. The third-order valence-electron chi connectivity index (χ3n) is 5.95. The second kappa shape index (κ2) is 10.3. The predicted molar refractivity (Wildman–Crippen MR) is 138 cm³/mol. The van der Waals surface area contributed by atoms with Gasteiger partial charge in [-0.2, -0.15) is 0 Å². The lowest BCUT2D eigenvalue weighted by Crippen LogP contribution is -2.28. The summed E-state index contributed by atoms with van der Waals surface area (Å²) in [5, 5.41) is 18.8. The first-order valence-corrected chi connectivity index (χ1v) is 13.8. The molecule has 174 valence electrons. The van der Waals surface area contributed by atoms with Crippen molar-refractivity contribution < 1.29 is 23.9 Å². The van der Waals surface area contributed by atoms with Gasteiger partial charge in [-0.15, -0.1) is 0 Å². The molecular weight excluding hydrogens is 472 g/mol. The van der Waals surface area contributed by atoms with Gasteiger partial charge < -0.3 is 19.1 Å². The van der Waals surface area contributed by atoms with Crippen LogP contribution in [0.2, 0.25) is 13.1 Å². The number of benzene rings is 4. The molecule has 2 N–H and O–H groups in total. The van der Waals surface area contributed by atoms with Crippen LogP contribution >= 0.6 is 0 Å². The molecule has 0 spiro atoms. The monoisotopic (exact) mass is 496 g/mol. The van der Waals surface area contributed by atoms with E-state index in [0.29, 0.717) is 0 Å². The normalized spacial score (nSPS) is 12.8. The maximum atomic E-state index is 10.9. The van der Waals surface area contributed by atoms with Gasteiger partial charge in [0.25, 0.3) is 0 Å². The summed E-state index contributed by atoms with van der Waals surface area (Å²) in [6.45, 7) is 4.11. The fourth-order valence-corrected chi connectivity index (χ4v) is 4.61. The first-order valence-electron chi connectivity index (χ1n) is 11.0. The van der Waals surface area contributed by atoms with Crippen molar-refractivity contribution >= 4 is 25.7 Å². The molecular formula is C28H24O5Si2. The van der Waals surface area contributed by atoms with E-state index in [1.165, 1.54) is 0 Å². The number of aromatic hydroxyl groups is 1. The number of hydrogen-bond donors (Lipinski definition) is 2. The maximum Gasteiger partial charge on any atom is 0.511 e. The Morgan fingerprint density at radius 1 is 0.771 bits per heavy atom. The summed E-state index contributed by atoms with van der Waals surface area (Å²) in [7, 11) is 2.44. The second-order valence-electron chi connectivity index (χ2n) is 8.29. The van der Waals surface area contributed by atoms with Crippen molar-refractivity contribution in [2.75, 3.05) is 0 Å². The molecule has 1 aliphatic rings. The summed E-state index contributed by atoms with van der Waals surface area (Å²) in [5.74, 6) is 0.477. The van der Waals surface area contributed by atoms with E-state index in [1.807, 2.05) is 48.5 Å². The fourth-order valence-electron chi connectivity index (χ4n) is 4.61. The van der Waals surface area contributed by atoms with Crippen molar-refractivity contribution in [1.82, 2.24) is 0 Å². The maximum absolute atomic E-state index is 10.9. The number of rotatable bonds is 4. The van der Waals surface area contributed by atoms with Crippen molar-refractivity contribution in [3.63, 3.8) is 0 Å². The minimum atomic E-state index is -1.34. The molecule has 0 saturated heterocycles. The van der Waals surface area contributed by atoms with Crippen molar-refractivity contribution in [1.29, 1.82) is 0 Å². The van der Waals surface area contributed by atoms with Crippen molar-refractivity contribution in [3.05, 3.63) is 119 Å². The molecule has 0 fully saturated rings. The molecule has 0 saturated carbocycles. The highest BCUT2D eigenvalue weighted by Gasteiger charge is 2.45. The van der Waals surface area contributed by atoms with Crippen molar-refractivity contribution in [2.24, 2.45) is 0 Å². The standard InChI is InChI=1S/C26H18O4.C2H6OSi2/c27-19-13-9-17(10-14-19)26(18-11-15-20(16-12-18)30-25(28)29)23-7-3-1-5-21(23)22-6-2-4-8-24(22)26;1-5(2)3-4/h1-16,27H,(H,28,29);1-2H3. The third kappa shape index (κ3) is 4.66. The molecule has 4 aromatic rings.